The number of benzene rings is 2. The van der Waals surface area contributed by atoms with Crippen molar-refractivity contribution in [2.75, 3.05) is 0 Å². The summed E-state index contributed by atoms with van der Waals surface area (Å²) in [4.78, 5) is 11.9. The first-order chi connectivity index (χ1) is 12.1. The molecular formula is C21H22F3NO. The Morgan fingerprint density at radius 1 is 1.00 bits per heavy atom. The van der Waals surface area contributed by atoms with Crippen LogP contribution in [-0.4, -0.2) is 5.91 Å². The quantitative estimate of drug-likeness (QED) is 0.733. The molecule has 0 spiro atoms. The van der Waals surface area contributed by atoms with Crippen LogP contribution in [0.5, 0.6) is 0 Å². The monoisotopic (exact) mass is 361 g/mol. The van der Waals surface area contributed by atoms with Gasteiger partial charge in [-0.15, -0.1) is 0 Å². The van der Waals surface area contributed by atoms with Crippen molar-refractivity contribution in [3.63, 3.8) is 0 Å². The summed E-state index contributed by atoms with van der Waals surface area (Å²) >= 11 is 0. The lowest BCUT2D eigenvalue weighted by Gasteiger charge is -2.18. The number of carbonyl (C=O) groups excluding carboxylic acids is 1. The summed E-state index contributed by atoms with van der Waals surface area (Å²) in [5.41, 5.74) is 1.82. The molecule has 2 nitrogen and oxygen atoms in total. The van der Waals surface area contributed by atoms with E-state index in [1.165, 1.54) is 17.7 Å². The van der Waals surface area contributed by atoms with E-state index in [4.69, 9.17) is 0 Å². The minimum atomic E-state index is -4.39. The average Bonchev–Trinajstić information content (AvgIpc) is 2.57. The van der Waals surface area contributed by atoms with E-state index in [1.54, 1.807) is 12.1 Å². The Hall–Kier alpha value is -2.56. The molecule has 2 aromatic carbocycles. The van der Waals surface area contributed by atoms with E-state index < -0.39 is 11.7 Å². The third-order valence-corrected chi connectivity index (χ3v) is 3.92. The van der Waals surface area contributed by atoms with Crippen LogP contribution in [0.15, 0.2) is 54.6 Å². The van der Waals surface area contributed by atoms with Crippen molar-refractivity contribution in [2.24, 2.45) is 0 Å². The average molecular weight is 361 g/mol. The zero-order chi connectivity index (χ0) is 19.4. The van der Waals surface area contributed by atoms with Crippen LogP contribution < -0.4 is 5.32 Å². The summed E-state index contributed by atoms with van der Waals surface area (Å²) in [6.07, 6.45) is -1.34. The van der Waals surface area contributed by atoms with Crippen LogP contribution in [-0.2, 0) is 22.9 Å². The highest BCUT2D eigenvalue weighted by Gasteiger charge is 2.30. The Morgan fingerprint density at radius 2 is 1.65 bits per heavy atom. The van der Waals surface area contributed by atoms with Crippen molar-refractivity contribution >= 4 is 12.0 Å². The van der Waals surface area contributed by atoms with Crippen LogP contribution in [0.4, 0.5) is 13.2 Å². The molecule has 5 heteroatoms. The van der Waals surface area contributed by atoms with Gasteiger partial charge in [-0.25, -0.2) is 0 Å². The molecule has 1 amide bonds. The lowest BCUT2D eigenvalue weighted by Crippen LogP contribution is -2.20. The third kappa shape index (κ3) is 5.76. The van der Waals surface area contributed by atoms with Gasteiger partial charge in [-0.3, -0.25) is 4.79 Å². The summed E-state index contributed by atoms with van der Waals surface area (Å²) < 4.78 is 38.0. The Bertz CT molecular complexity index is 784. The van der Waals surface area contributed by atoms with Crippen molar-refractivity contribution in [1.29, 1.82) is 0 Å². The molecule has 0 unspecified atom stereocenters. The van der Waals surface area contributed by atoms with Gasteiger partial charge >= 0.3 is 6.18 Å². The summed E-state index contributed by atoms with van der Waals surface area (Å²) in [5, 5.41) is 2.59. The van der Waals surface area contributed by atoms with Gasteiger partial charge in [-0.2, -0.15) is 13.2 Å². The van der Waals surface area contributed by atoms with Crippen LogP contribution in [0, 0.1) is 0 Å². The van der Waals surface area contributed by atoms with Gasteiger partial charge in [0.25, 0.3) is 0 Å². The van der Waals surface area contributed by atoms with Crippen LogP contribution in [0.2, 0.25) is 0 Å². The third-order valence-electron chi connectivity index (χ3n) is 3.92. The normalized spacial score (nSPS) is 12.4. The van der Waals surface area contributed by atoms with E-state index in [-0.39, 0.29) is 17.9 Å². The summed E-state index contributed by atoms with van der Waals surface area (Å²) in [7, 11) is 0. The predicted molar refractivity (Wildman–Crippen MR) is 97.5 cm³/mol. The van der Waals surface area contributed by atoms with Gasteiger partial charge in [-0.1, -0.05) is 57.2 Å². The molecule has 0 saturated carbocycles. The molecule has 1 N–H and O–H groups in total. The lowest BCUT2D eigenvalue weighted by atomic mass is 9.87. The van der Waals surface area contributed by atoms with Gasteiger partial charge in [-0.05, 0) is 40.3 Å². The zero-order valence-corrected chi connectivity index (χ0v) is 15.0. The molecule has 0 aromatic heterocycles. The highest BCUT2D eigenvalue weighted by atomic mass is 19.4. The second-order valence-corrected chi connectivity index (χ2v) is 7.12. The largest absolute Gasteiger partial charge is 0.416 e. The number of halogens is 3. The number of alkyl halides is 3. The molecule has 0 aliphatic rings. The fourth-order valence-corrected chi connectivity index (χ4v) is 2.37. The van der Waals surface area contributed by atoms with Crippen LogP contribution in [0.1, 0.15) is 43.0 Å². The van der Waals surface area contributed by atoms with Gasteiger partial charge < -0.3 is 5.32 Å². The molecule has 0 atom stereocenters. The molecule has 26 heavy (non-hydrogen) atoms. The topological polar surface area (TPSA) is 29.1 Å². The fraction of sp³-hybridized carbons (Fsp3) is 0.286. The maximum Gasteiger partial charge on any atom is 0.416 e. The van der Waals surface area contributed by atoms with Crippen molar-refractivity contribution < 1.29 is 18.0 Å². The molecule has 0 heterocycles. The Balaban J connectivity index is 1.94. The fourth-order valence-electron chi connectivity index (χ4n) is 2.37. The standard InChI is InChI=1S/C21H22F3NO/c1-20(2,3)17-10-7-15(8-11-17)9-12-19(26)25-14-16-5-4-6-18(13-16)21(22,23)24/h4-13H,14H2,1-3H3,(H,25,26)/b12-9+. The Morgan fingerprint density at radius 3 is 2.23 bits per heavy atom. The molecule has 2 aromatic rings. The summed E-state index contributed by atoms with van der Waals surface area (Å²) in [5.74, 6) is -0.359. The van der Waals surface area contributed by atoms with E-state index >= 15 is 0 Å². The van der Waals surface area contributed by atoms with Gasteiger partial charge in [0, 0.05) is 12.6 Å². The first-order valence-corrected chi connectivity index (χ1v) is 8.28. The molecule has 138 valence electrons. The minimum Gasteiger partial charge on any atom is -0.348 e. The van der Waals surface area contributed by atoms with Gasteiger partial charge in [0.2, 0.25) is 5.91 Å². The molecule has 0 radical (unpaired) electrons. The first kappa shape index (κ1) is 19.8. The van der Waals surface area contributed by atoms with E-state index in [9.17, 15) is 18.0 Å². The molecule has 0 bridgehead atoms. The maximum absolute atomic E-state index is 12.7. The van der Waals surface area contributed by atoms with E-state index in [2.05, 4.69) is 26.1 Å². The van der Waals surface area contributed by atoms with Crippen LogP contribution in [0.25, 0.3) is 6.08 Å². The molecule has 0 fully saturated rings. The first-order valence-electron chi connectivity index (χ1n) is 8.28. The molecular weight excluding hydrogens is 339 g/mol. The van der Waals surface area contributed by atoms with E-state index in [0.717, 1.165) is 17.7 Å². The molecule has 0 aliphatic carbocycles. The van der Waals surface area contributed by atoms with E-state index in [1.807, 2.05) is 24.3 Å². The number of rotatable bonds is 4. The van der Waals surface area contributed by atoms with E-state index in [0.29, 0.717) is 5.56 Å². The smallest absolute Gasteiger partial charge is 0.348 e. The molecule has 0 saturated heterocycles. The Kier molecular flexibility index (Phi) is 5.90. The lowest BCUT2D eigenvalue weighted by molar-refractivity contribution is -0.137. The van der Waals surface area contributed by atoms with Crippen molar-refractivity contribution in [3.8, 4) is 0 Å². The highest BCUT2D eigenvalue weighted by Crippen LogP contribution is 2.29. The number of carbonyl (C=O) groups is 1. The van der Waals surface area contributed by atoms with Crippen molar-refractivity contribution in [2.45, 2.75) is 38.9 Å². The van der Waals surface area contributed by atoms with Gasteiger partial charge in [0.1, 0.15) is 0 Å². The van der Waals surface area contributed by atoms with Crippen molar-refractivity contribution in [1.82, 2.24) is 5.32 Å². The highest BCUT2D eigenvalue weighted by molar-refractivity contribution is 5.91. The zero-order valence-electron chi connectivity index (χ0n) is 15.0. The SMILES string of the molecule is CC(C)(C)c1ccc(/C=C/C(=O)NCc2cccc(C(F)(F)F)c2)cc1. The Labute approximate surface area is 151 Å². The van der Waals surface area contributed by atoms with Crippen LogP contribution >= 0.6 is 0 Å². The number of nitrogens with one attached hydrogen (secondary N) is 1. The molecule has 2 rings (SSSR count). The number of hydrogen-bond acceptors (Lipinski definition) is 1. The minimum absolute atomic E-state index is 0.0378. The van der Waals surface area contributed by atoms with Gasteiger partial charge in [0.15, 0.2) is 0 Å². The second-order valence-electron chi connectivity index (χ2n) is 7.12. The number of hydrogen-bond donors (Lipinski definition) is 1. The summed E-state index contributed by atoms with van der Waals surface area (Å²) in [6, 6.07) is 12.8. The predicted octanol–water partition coefficient (Wildman–Crippen LogP) is 5.33. The van der Waals surface area contributed by atoms with Crippen LogP contribution in [0.3, 0.4) is 0 Å². The van der Waals surface area contributed by atoms with Gasteiger partial charge in [0.05, 0.1) is 5.56 Å². The van der Waals surface area contributed by atoms with Crippen molar-refractivity contribution in [3.05, 3.63) is 76.9 Å². The summed E-state index contributed by atoms with van der Waals surface area (Å²) in [6.45, 7) is 6.41. The maximum atomic E-state index is 12.7. The molecule has 0 aliphatic heterocycles. The number of amides is 1. The second kappa shape index (κ2) is 7.77.